The van der Waals surface area contributed by atoms with Crippen molar-refractivity contribution in [3.05, 3.63) is 33.5 Å². The quantitative estimate of drug-likeness (QED) is 0.799. The second-order valence-corrected chi connectivity index (χ2v) is 3.00. The lowest BCUT2D eigenvalue weighted by molar-refractivity contribution is 0.609. The van der Waals surface area contributed by atoms with Crippen LogP contribution in [0.5, 0.6) is 0 Å². The Kier molecular flexibility index (Phi) is 2.79. The molecule has 1 aromatic carbocycles. The molecule has 1 aromatic rings. The summed E-state index contributed by atoms with van der Waals surface area (Å²) in [4.78, 5) is 0. The smallest absolute Gasteiger partial charge is 0.128 e. The Labute approximate surface area is 77.9 Å². The maximum absolute atomic E-state index is 12.9. The average Bonchev–Trinajstić information content (AvgIpc) is 2.06. The number of nitrogens with zero attached hydrogens (tertiary/aromatic N) is 1. The minimum Gasteiger partial charge on any atom is -0.326 e. The Morgan fingerprint density at radius 3 is 2.75 bits per heavy atom. The third-order valence-corrected chi connectivity index (χ3v) is 2.42. The van der Waals surface area contributed by atoms with Crippen LogP contribution in [0, 0.1) is 17.1 Å². The molecule has 0 spiro atoms. The lowest BCUT2D eigenvalue weighted by Gasteiger charge is -2.03. The van der Waals surface area contributed by atoms with E-state index in [-0.39, 0.29) is 12.4 Å². The minimum absolute atomic E-state index is 0.0853. The predicted molar refractivity (Wildman–Crippen MR) is 46.7 cm³/mol. The molecule has 2 nitrogen and oxygen atoms in total. The fourth-order valence-electron chi connectivity index (χ4n) is 0.871. The Hall–Kier alpha value is -0.920. The highest BCUT2D eigenvalue weighted by Crippen LogP contribution is 2.23. The van der Waals surface area contributed by atoms with Gasteiger partial charge >= 0.3 is 0 Å². The molecular weight excluding hydrogens is 223 g/mol. The van der Waals surface area contributed by atoms with Gasteiger partial charge in [0, 0.05) is 16.6 Å². The molecule has 62 valence electrons. The fourth-order valence-corrected chi connectivity index (χ4v) is 1.44. The third kappa shape index (κ3) is 1.47. The molecule has 1 rings (SSSR count). The predicted octanol–water partition coefficient (Wildman–Crippen LogP) is 1.92. The van der Waals surface area contributed by atoms with Gasteiger partial charge in [-0.25, -0.2) is 4.39 Å². The molecule has 0 amide bonds. The number of nitrogens with two attached hydrogens (primary N) is 1. The number of nitriles is 1. The Balaban J connectivity index is 3.36. The van der Waals surface area contributed by atoms with Crippen LogP contribution in [-0.4, -0.2) is 0 Å². The first-order chi connectivity index (χ1) is 5.70. The second-order valence-electron chi connectivity index (χ2n) is 2.20. The van der Waals surface area contributed by atoms with Crippen LogP contribution in [0.4, 0.5) is 4.39 Å². The van der Waals surface area contributed by atoms with Crippen molar-refractivity contribution in [3.8, 4) is 6.07 Å². The van der Waals surface area contributed by atoms with Crippen LogP contribution in [0.15, 0.2) is 16.6 Å². The van der Waals surface area contributed by atoms with Crippen LogP contribution in [0.1, 0.15) is 11.1 Å². The zero-order valence-corrected chi connectivity index (χ0v) is 7.73. The molecule has 0 aliphatic heterocycles. The van der Waals surface area contributed by atoms with Gasteiger partial charge in [-0.1, -0.05) is 0 Å². The topological polar surface area (TPSA) is 49.8 Å². The monoisotopic (exact) mass is 228 g/mol. The van der Waals surface area contributed by atoms with E-state index < -0.39 is 0 Å². The zero-order chi connectivity index (χ0) is 9.14. The summed E-state index contributed by atoms with van der Waals surface area (Å²) in [5.41, 5.74) is 6.04. The van der Waals surface area contributed by atoms with Crippen molar-refractivity contribution in [1.82, 2.24) is 0 Å². The third-order valence-electron chi connectivity index (χ3n) is 1.51. The van der Waals surface area contributed by atoms with Crippen molar-refractivity contribution in [2.24, 2.45) is 5.73 Å². The lowest BCUT2D eigenvalue weighted by atomic mass is 10.1. The molecule has 12 heavy (non-hydrogen) atoms. The van der Waals surface area contributed by atoms with Crippen LogP contribution < -0.4 is 5.73 Å². The average molecular weight is 229 g/mol. The molecule has 4 heteroatoms. The zero-order valence-electron chi connectivity index (χ0n) is 6.14. The van der Waals surface area contributed by atoms with E-state index in [1.54, 1.807) is 0 Å². The number of rotatable bonds is 1. The van der Waals surface area contributed by atoms with Crippen LogP contribution in [0.25, 0.3) is 0 Å². The van der Waals surface area contributed by atoms with Crippen molar-refractivity contribution in [2.45, 2.75) is 6.54 Å². The van der Waals surface area contributed by atoms with E-state index in [1.165, 1.54) is 12.1 Å². The van der Waals surface area contributed by atoms with Gasteiger partial charge in [-0.15, -0.1) is 0 Å². The first kappa shape index (κ1) is 9.17. The van der Waals surface area contributed by atoms with E-state index in [4.69, 9.17) is 11.0 Å². The molecule has 0 saturated heterocycles. The maximum atomic E-state index is 12.9. The number of hydrogen-bond donors (Lipinski definition) is 1. The molecule has 0 heterocycles. The Morgan fingerprint density at radius 2 is 2.25 bits per heavy atom. The number of benzene rings is 1. The van der Waals surface area contributed by atoms with Crippen LogP contribution in [-0.2, 0) is 6.54 Å². The van der Waals surface area contributed by atoms with E-state index >= 15 is 0 Å². The summed E-state index contributed by atoms with van der Waals surface area (Å²) in [6.45, 7) is 0.0853. The van der Waals surface area contributed by atoms with Crippen LogP contribution in [0.3, 0.4) is 0 Å². The van der Waals surface area contributed by atoms with Gasteiger partial charge in [-0.05, 0) is 28.1 Å². The van der Waals surface area contributed by atoms with Gasteiger partial charge in [0.1, 0.15) is 11.9 Å². The summed E-state index contributed by atoms with van der Waals surface area (Å²) in [7, 11) is 0. The van der Waals surface area contributed by atoms with Crippen LogP contribution >= 0.6 is 15.9 Å². The maximum Gasteiger partial charge on any atom is 0.128 e. The van der Waals surface area contributed by atoms with Gasteiger partial charge < -0.3 is 5.73 Å². The number of hydrogen-bond acceptors (Lipinski definition) is 2. The van der Waals surface area contributed by atoms with Gasteiger partial charge in [0.15, 0.2) is 0 Å². The van der Waals surface area contributed by atoms with Gasteiger partial charge in [0.25, 0.3) is 0 Å². The van der Waals surface area contributed by atoms with Crippen LogP contribution in [0.2, 0.25) is 0 Å². The molecule has 0 radical (unpaired) electrons. The molecule has 0 unspecified atom stereocenters. The second kappa shape index (κ2) is 3.65. The largest absolute Gasteiger partial charge is 0.326 e. The molecule has 0 bridgehead atoms. The summed E-state index contributed by atoms with van der Waals surface area (Å²) >= 11 is 3.11. The fraction of sp³-hybridized carbons (Fsp3) is 0.125. The molecule has 0 fully saturated rings. The van der Waals surface area contributed by atoms with E-state index in [0.717, 1.165) is 0 Å². The normalized spacial score (nSPS) is 9.50. The highest BCUT2D eigenvalue weighted by molar-refractivity contribution is 9.10. The van der Waals surface area contributed by atoms with Gasteiger partial charge in [-0.2, -0.15) is 5.26 Å². The van der Waals surface area contributed by atoms with Gasteiger partial charge in [0.05, 0.1) is 5.56 Å². The summed E-state index contributed by atoms with van der Waals surface area (Å²) in [5, 5.41) is 8.59. The van der Waals surface area contributed by atoms with Crippen molar-refractivity contribution in [1.29, 1.82) is 5.26 Å². The summed E-state index contributed by atoms with van der Waals surface area (Å²) in [6, 6.07) is 4.58. The van der Waals surface area contributed by atoms with Gasteiger partial charge in [-0.3, -0.25) is 0 Å². The molecule has 0 aromatic heterocycles. The van der Waals surface area contributed by atoms with Crippen molar-refractivity contribution in [3.63, 3.8) is 0 Å². The SMILES string of the molecule is N#Cc1ccc(F)c(CN)c1Br. The minimum atomic E-state index is -0.386. The Morgan fingerprint density at radius 1 is 1.58 bits per heavy atom. The van der Waals surface area contributed by atoms with Gasteiger partial charge in [0.2, 0.25) is 0 Å². The lowest BCUT2D eigenvalue weighted by Crippen LogP contribution is -2.02. The molecule has 0 saturated carbocycles. The van der Waals surface area contributed by atoms with E-state index in [9.17, 15) is 4.39 Å². The highest BCUT2D eigenvalue weighted by Gasteiger charge is 2.08. The molecule has 0 aliphatic rings. The molecule has 0 atom stereocenters. The molecule has 0 aliphatic carbocycles. The molecular formula is C8H6BrFN2. The number of halogens is 2. The summed E-state index contributed by atoms with van der Waals surface area (Å²) in [6.07, 6.45) is 0. The van der Waals surface area contributed by atoms with Crippen molar-refractivity contribution in [2.75, 3.05) is 0 Å². The Bertz CT molecular complexity index is 344. The first-order valence-electron chi connectivity index (χ1n) is 3.27. The van der Waals surface area contributed by atoms with E-state index in [0.29, 0.717) is 15.6 Å². The van der Waals surface area contributed by atoms with E-state index in [2.05, 4.69) is 15.9 Å². The standard InChI is InChI=1S/C8H6BrFN2/c9-8-5(3-11)1-2-7(10)6(8)4-12/h1-2H,4,12H2. The van der Waals surface area contributed by atoms with Crippen molar-refractivity contribution < 1.29 is 4.39 Å². The summed E-state index contributed by atoms with van der Waals surface area (Å²) < 4.78 is 13.4. The molecule has 2 N–H and O–H groups in total. The summed E-state index contributed by atoms with van der Waals surface area (Å²) in [5.74, 6) is -0.386. The van der Waals surface area contributed by atoms with E-state index in [1.807, 2.05) is 6.07 Å². The first-order valence-corrected chi connectivity index (χ1v) is 4.07. The highest BCUT2D eigenvalue weighted by atomic mass is 79.9. The van der Waals surface area contributed by atoms with Crippen molar-refractivity contribution >= 4 is 15.9 Å².